The fraction of sp³-hybridized carbons (Fsp3) is 0.393. The number of amides is 1. The first-order valence-corrected chi connectivity index (χ1v) is 13.4. The number of carbonyl (C=O) groups excluding carboxylic acids is 1. The van der Waals surface area contributed by atoms with Crippen LogP contribution in [0.1, 0.15) is 52.6 Å². The Morgan fingerprint density at radius 2 is 1.77 bits per heavy atom. The van der Waals surface area contributed by atoms with Gasteiger partial charge in [-0.1, -0.05) is 35.3 Å². The molecular formula is C28H27Cl2F2N3O5. The summed E-state index contributed by atoms with van der Waals surface area (Å²) in [5.41, 5.74) is -6.15. The number of aliphatic hydroxyl groups is 2. The molecule has 8 nitrogen and oxygen atoms in total. The summed E-state index contributed by atoms with van der Waals surface area (Å²) < 4.78 is 43.7. The average molecular weight is 594 g/mol. The largest absolute Gasteiger partial charge is 0.394 e. The van der Waals surface area contributed by atoms with E-state index in [1.54, 1.807) is 24.3 Å². The van der Waals surface area contributed by atoms with Gasteiger partial charge in [0.15, 0.2) is 5.72 Å². The van der Waals surface area contributed by atoms with Crippen molar-refractivity contribution in [3.05, 3.63) is 92.7 Å². The zero-order valence-electron chi connectivity index (χ0n) is 21.5. The van der Waals surface area contributed by atoms with Crippen LogP contribution in [0.25, 0.3) is 0 Å². The van der Waals surface area contributed by atoms with E-state index in [-0.39, 0.29) is 66.7 Å². The molecule has 12 heteroatoms. The fourth-order valence-electron chi connectivity index (χ4n) is 5.41. The first-order valence-electron chi connectivity index (χ1n) is 12.7. The quantitative estimate of drug-likeness (QED) is 0.396. The zero-order valence-corrected chi connectivity index (χ0v) is 23.1. The number of carbonyl (C=O) groups is 1. The van der Waals surface area contributed by atoms with E-state index < -0.39 is 35.3 Å². The smallest absolute Gasteiger partial charge is 0.257 e. The monoisotopic (exact) mass is 593 g/mol. The van der Waals surface area contributed by atoms with Crippen molar-refractivity contribution >= 4 is 29.1 Å². The van der Waals surface area contributed by atoms with Crippen molar-refractivity contribution in [3.8, 4) is 0 Å². The molecule has 2 aliphatic heterocycles. The second-order valence-corrected chi connectivity index (χ2v) is 10.8. The summed E-state index contributed by atoms with van der Waals surface area (Å²) in [6, 6.07) is 8.62. The van der Waals surface area contributed by atoms with Crippen LogP contribution in [0, 0.1) is 5.82 Å². The molecule has 1 saturated heterocycles. The molecule has 2 aliphatic rings. The predicted octanol–water partition coefficient (Wildman–Crippen LogP) is 4.51. The first kappa shape index (κ1) is 28.8. The minimum atomic E-state index is -2.13. The Hall–Kier alpha value is -2.73. The second kappa shape index (κ2) is 10.9. The molecule has 2 atom stereocenters. The normalized spacial score (nSPS) is 21.8. The Morgan fingerprint density at radius 3 is 2.40 bits per heavy atom. The predicted molar refractivity (Wildman–Crippen MR) is 142 cm³/mol. The Kier molecular flexibility index (Phi) is 7.86. The summed E-state index contributed by atoms with van der Waals surface area (Å²) in [6.45, 7) is 0.553. The van der Waals surface area contributed by atoms with Crippen LogP contribution >= 0.6 is 23.2 Å². The van der Waals surface area contributed by atoms with Crippen LogP contribution in [0.5, 0.6) is 0 Å². The van der Waals surface area contributed by atoms with Crippen LogP contribution in [0.15, 0.2) is 48.8 Å². The number of fused-ring (bicyclic) bond motifs is 1. The molecule has 40 heavy (non-hydrogen) atoms. The van der Waals surface area contributed by atoms with Crippen LogP contribution in [0.2, 0.25) is 10.0 Å². The van der Waals surface area contributed by atoms with Crippen molar-refractivity contribution < 1.29 is 33.3 Å². The highest BCUT2D eigenvalue weighted by atomic mass is 35.5. The van der Waals surface area contributed by atoms with Crippen LogP contribution in [0.3, 0.4) is 0 Å². The van der Waals surface area contributed by atoms with Crippen molar-refractivity contribution in [2.75, 3.05) is 26.4 Å². The molecule has 0 saturated carbocycles. The van der Waals surface area contributed by atoms with Crippen molar-refractivity contribution in [1.82, 2.24) is 14.9 Å². The van der Waals surface area contributed by atoms with Gasteiger partial charge >= 0.3 is 0 Å². The van der Waals surface area contributed by atoms with Crippen molar-refractivity contribution in [3.63, 3.8) is 0 Å². The molecule has 3 aromatic rings. The third kappa shape index (κ3) is 4.76. The zero-order chi connectivity index (χ0) is 28.7. The van der Waals surface area contributed by atoms with Gasteiger partial charge in [0.05, 0.1) is 35.9 Å². The summed E-state index contributed by atoms with van der Waals surface area (Å²) in [5, 5.41) is 21.8. The van der Waals surface area contributed by atoms with Gasteiger partial charge in [0.1, 0.15) is 22.9 Å². The maximum Gasteiger partial charge on any atom is 0.257 e. The van der Waals surface area contributed by atoms with Crippen LogP contribution in [-0.4, -0.2) is 63.1 Å². The van der Waals surface area contributed by atoms with Crippen molar-refractivity contribution in [2.45, 2.75) is 43.3 Å². The van der Waals surface area contributed by atoms with E-state index in [0.717, 1.165) is 6.07 Å². The molecule has 0 aliphatic carbocycles. The number of halogens is 4. The average Bonchev–Trinajstić information content (AvgIpc) is 3.17. The number of rotatable bonds is 8. The van der Waals surface area contributed by atoms with Crippen LogP contribution < -0.4 is 0 Å². The molecule has 2 N–H and O–H groups in total. The van der Waals surface area contributed by atoms with E-state index in [4.69, 9.17) is 32.7 Å². The lowest BCUT2D eigenvalue weighted by Crippen LogP contribution is -2.50. The van der Waals surface area contributed by atoms with Crippen molar-refractivity contribution in [1.29, 1.82) is 0 Å². The number of hydrogen-bond acceptors (Lipinski definition) is 7. The lowest BCUT2D eigenvalue weighted by atomic mass is 9.75. The number of ether oxygens (including phenoxy) is 2. The molecule has 2 aromatic carbocycles. The van der Waals surface area contributed by atoms with Gasteiger partial charge in [-0.2, -0.15) is 0 Å². The van der Waals surface area contributed by atoms with E-state index in [1.165, 1.54) is 30.3 Å². The topological polar surface area (TPSA) is 105 Å². The standard InChI is InChI=1S/C28H27Cl2F2N3O5/c1-26(38,27(32)6-9-39-10-7-27)18-12-21-24(22(31)13-18)28(40-11-8-36,17-2-4-19(29)5-3-17)35(25(21)37)16-23-33-14-20(30)15-34-23/h2-5,12-15,36,38H,6-11,16H2,1H3/t26-,28-/m1/s1. The molecule has 1 amide bonds. The molecule has 212 valence electrons. The third-order valence-electron chi connectivity index (χ3n) is 7.62. The first-order chi connectivity index (χ1) is 19.0. The molecule has 3 heterocycles. The minimum Gasteiger partial charge on any atom is -0.394 e. The van der Waals surface area contributed by atoms with E-state index >= 15 is 8.78 Å². The van der Waals surface area contributed by atoms with E-state index in [1.807, 2.05) is 0 Å². The highest BCUT2D eigenvalue weighted by molar-refractivity contribution is 6.30. The second-order valence-electron chi connectivity index (χ2n) is 9.96. The van der Waals surface area contributed by atoms with E-state index in [9.17, 15) is 15.0 Å². The van der Waals surface area contributed by atoms with Gasteiger partial charge in [0.25, 0.3) is 5.91 Å². The number of nitrogens with zero attached hydrogens (tertiary/aromatic N) is 3. The van der Waals surface area contributed by atoms with Gasteiger partial charge < -0.3 is 19.7 Å². The summed E-state index contributed by atoms with van der Waals surface area (Å²) in [6.07, 6.45) is 2.53. The SMILES string of the molecule is C[C@@](O)(c1cc(F)c2c(c1)C(=O)N(Cc1ncc(Cl)cn1)[C@@]2(OCCO)c1ccc(Cl)cc1)C1(F)CCOCC1. The number of benzene rings is 2. The van der Waals surface area contributed by atoms with Gasteiger partial charge in [-0.25, -0.2) is 18.7 Å². The summed E-state index contributed by atoms with van der Waals surface area (Å²) in [7, 11) is 0. The van der Waals surface area contributed by atoms with Gasteiger partial charge in [0.2, 0.25) is 0 Å². The van der Waals surface area contributed by atoms with Crippen molar-refractivity contribution in [2.24, 2.45) is 0 Å². The van der Waals surface area contributed by atoms with Gasteiger partial charge in [-0.15, -0.1) is 0 Å². The Morgan fingerprint density at radius 1 is 1.12 bits per heavy atom. The summed E-state index contributed by atoms with van der Waals surface area (Å²) >= 11 is 12.1. The lowest BCUT2D eigenvalue weighted by molar-refractivity contribution is -0.143. The molecule has 0 radical (unpaired) electrons. The Balaban J connectivity index is 1.72. The Bertz CT molecular complexity index is 1400. The molecule has 0 unspecified atom stereocenters. The number of aromatic nitrogens is 2. The number of aliphatic hydroxyl groups excluding tert-OH is 1. The van der Waals surface area contributed by atoms with E-state index in [0.29, 0.717) is 10.6 Å². The van der Waals surface area contributed by atoms with Gasteiger partial charge in [-0.3, -0.25) is 9.69 Å². The highest BCUT2D eigenvalue weighted by Crippen LogP contribution is 2.50. The Labute approximate surface area is 239 Å². The molecule has 0 bridgehead atoms. The summed E-state index contributed by atoms with van der Waals surface area (Å²) in [5.74, 6) is -1.38. The van der Waals surface area contributed by atoms with Gasteiger partial charge in [0, 0.05) is 49.0 Å². The fourth-order valence-corrected chi connectivity index (χ4v) is 5.64. The third-order valence-corrected chi connectivity index (χ3v) is 8.06. The van der Waals surface area contributed by atoms with E-state index in [2.05, 4.69) is 9.97 Å². The number of alkyl halides is 1. The molecule has 1 aromatic heterocycles. The molecule has 0 spiro atoms. The maximum atomic E-state index is 16.3. The highest BCUT2D eigenvalue weighted by Gasteiger charge is 2.56. The maximum absolute atomic E-state index is 16.3. The molecule has 5 rings (SSSR count). The van der Waals surface area contributed by atoms with Crippen LogP contribution in [0.4, 0.5) is 8.78 Å². The lowest BCUT2D eigenvalue weighted by Gasteiger charge is -2.42. The van der Waals surface area contributed by atoms with Crippen LogP contribution in [-0.2, 0) is 27.3 Å². The minimum absolute atomic E-state index is 0.0962. The number of hydrogen-bond donors (Lipinski definition) is 2. The summed E-state index contributed by atoms with van der Waals surface area (Å²) in [4.78, 5) is 23.7. The van der Waals surface area contributed by atoms with Gasteiger partial charge in [-0.05, 0) is 36.8 Å². The molecule has 1 fully saturated rings. The molecular weight excluding hydrogens is 567 g/mol.